The summed E-state index contributed by atoms with van der Waals surface area (Å²) in [5, 5.41) is 0. The summed E-state index contributed by atoms with van der Waals surface area (Å²) in [5.74, 6) is 0.241. The Morgan fingerprint density at radius 2 is 1.62 bits per heavy atom. The Bertz CT molecular complexity index is 1210. The van der Waals surface area contributed by atoms with Crippen LogP contribution >= 0.6 is 0 Å². The first-order valence-corrected chi connectivity index (χ1v) is 10.4. The van der Waals surface area contributed by atoms with E-state index >= 15 is 0 Å². The van der Waals surface area contributed by atoms with Crippen LogP contribution in [-0.2, 0) is 10.2 Å². The molecule has 0 saturated carbocycles. The van der Waals surface area contributed by atoms with Crippen LogP contribution in [-0.4, -0.2) is 11.8 Å². The van der Waals surface area contributed by atoms with Gasteiger partial charge in [0, 0.05) is 12.1 Å². The predicted octanol–water partition coefficient (Wildman–Crippen LogP) is 6.22. The SMILES string of the molecule is CC(C)(C)c1ccc(C=C2Oc3cc(OC(=O)C=Cc4ccccc4)ccc3C2=O)cc1. The molecule has 0 aromatic heterocycles. The summed E-state index contributed by atoms with van der Waals surface area (Å²) in [7, 11) is 0. The fourth-order valence-corrected chi connectivity index (χ4v) is 3.34. The van der Waals surface area contributed by atoms with Gasteiger partial charge in [-0.25, -0.2) is 4.79 Å². The van der Waals surface area contributed by atoms with Gasteiger partial charge in [0.2, 0.25) is 5.78 Å². The van der Waals surface area contributed by atoms with Gasteiger partial charge in [0.05, 0.1) is 5.56 Å². The number of benzene rings is 3. The average Bonchev–Trinajstić information content (AvgIpc) is 3.07. The van der Waals surface area contributed by atoms with Crippen molar-refractivity contribution in [3.05, 3.63) is 107 Å². The molecule has 0 N–H and O–H groups in total. The molecule has 0 atom stereocenters. The highest BCUT2D eigenvalue weighted by Crippen LogP contribution is 2.35. The third kappa shape index (κ3) is 4.86. The minimum absolute atomic E-state index is 0.0612. The lowest BCUT2D eigenvalue weighted by Crippen LogP contribution is -2.10. The van der Waals surface area contributed by atoms with Crippen LogP contribution in [0.3, 0.4) is 0 Å². The highest BCUT2D eigenvalue weighted by molar-refractivity contribution is 6.14. The van der Waals surface area contributed by atoms with E-state index in [0.29, 0.717) is 17.1 Å². The summed E-state index contributed by atoms with van der Waals surface area (Å²) >= 11 is 0. The molecule has 0 radical (unpaired) electrons. The van der Waals surface area contributed by atoms with Crippen LogP contribution in [0, 0.1) is 0 Å². The fourth-order valence-electron chi connectivity index (χ4n) is 3.34. The maximum atomic E-state index is 12.7. The first-order chi connectivity index (χ1) is 15.3. The van der Waals surface area contributed by atoms with Crippen LogP contribution in [0.2, 0.25) is 0 Å². The molecule has 0 unspecified atom stereocenters. The Hall–Kier alpha value is -3.92. The lowest BCUT2D eigenvalue weighted by atomic mass is 9.86. The molecule has 0 aliphatic carbocycles. The quantitative estimate of drug-likeness (QED) is 0.283. The Labute approximate surface area is 187 Å². The van der Waals surface area contributed by atoms with E-state index in [9.17, 15) is 9.59 Å². The van der Waals surface area contributed by atoms with E-state index in [1.165, 1.54) is 11.6 Å². The van der Waals surface area contributed by atoms with Gasteiger partial charge < -0.3 is 9.47 Å². The molecule has 1 aliphatic rings. The molecular weight excluding hydrogens is 400 g/mol. The van der Waals surface area contributed by atoms with Gasteiger partial charge in [-0.1, -0.05) is 75.4 Å². The van der Waals surface area contributed by atoms with Crippen LogP contribution in [0.4, 0.5) is 0 Å². The van der Waals surface area contributed by atoms with Gasteiger partial charge in [-0.15, -0.1) is 0 Å². The number of rotatable bonds is 4. The van der Waals surface area contributed by atoms with Crippen molar-refractivity contribution >= 4 is 23.9 Å². The zero-order valence-corrected chi connectivity index (χ0v) is 18.3. The minimum atomic E-state index is -0.507. The van der Waals surface area contributed by atoms with Crippen molar-refractivity contribution in [3.8, 4) is 11.5 Å². The summed E-state index contributed by atoms with van der Waals surface area (Å²) in [6.45, 7) is 6.47. The first-order valence-electron chi connectivity index (χ1n) is 10.4. The molecule has 160 valence electrons. The van der Waals surface area contributed by atoms with E-state index in [1.54, 1.807) is 30.4 Å². The molecule has 3 aromatic carbocycles. The number of Topliss-reactive ketones (excluding diaryl/α,β-unsaturated/α-hetero) is 1. The van der Waals surface area contributed by atoms with E-state index in [4.69, 9.17) is 9.47 Å². The summed E-state index contributed by atoms with van der Waals surface area (Å²) in [6.07, 6.45) is 4.77. The van der Waals surface area contributed by atoms with Crippen molar-refractivity contribution in [3.63, 3.8) is 0 Å². The van der Waals surface area contributed by atoms with Crippen molar-refractivity contribution in [2.75, 3.05) is 0 Å². The van der Waals surface area contributed by atoms with Crippen molar-refractivity contribution in [1.29, 1.82) is 0 Å². The second kappa shape index (κ2) is 8.67. The first kappa shape index (κ1) is 21.3. The topological polar surface area (TPSA) is 52.6 Å². The molecule has 4 nitrogen and oxygen atoms in total. The highest BCUT2D eigenvalue weighted by Gasteiger charge is 2.28. The Morgan fingerprint density at radius 3 is 2.31 bits per heavy atom. The maximum Gasteiger partial charge on any atom is 0.336 e. The Kier molecular flexibility index (Phi) is 5.78. The van der Waals surface area contributed by atoms with Crippen LogP contribution in [0.25, 0.3) is 12.2 Å². The Morgan fingerprint density at radius 1 is 0.906 bits per heavy atom. The number of ketones is 1. The van der Waals surface area contributed by atoms with E-state index in [2.05, 4.69) is 32.9 Å². The highest BCUT2D eigenvalue weighted by atomic mass is 16.5. The van der Waals surface area contributed by atoms with Crippen molar-refractivity contribution in [2.24, 2.45) is 0 Å². The van der Waals surface area contributed by atoms with Crippen molar-refractivity contribution in [1.82, 2.24) is 0 Å². The second-order valence-corrected chi connectivity index (χ2v) is 8.63. The number of carbonyl (C=O) groups excluding carboxylic acids is 2. The summed E-state index contributed by atoms with van der Waals surface area (Å²) in [5.41, 5.74) is 3.51. The van der Waals surface area contributed by atoms with Crippen LogP contribution in [0.15, 0.2) is 84.6 Å². The largest absolute Gasteiger partial charge is 0.452 e. The van der Waals surface area contributed by atoms with Crippen molar-refractivity contribution < 1.29 is 19.1 Å². The molecule has 4 heteroatoms. The number of hydrogen-bond acceptors (Lipinski definition) is 4. The zero-order chi connectivity index (χ0) is 22.7. The number of esters is 1. The number of ether oxygens (including phenoxy) is 2. The number of fused-ring (bicyclic) bond motifs is 1. The standard InChI is InChI=1S/C28H24O4/c1-28(2,3)21-12-9-20(10-13-21)17-25-27(30)23-15-14-22(18-24(23)32-25)31-26(29)16-11-19-7-5-4-6-8-19/h4-18H,1-3H3. The van der Waals surface area contributed by atoms with Gasteiger partial charge in [-0.2, -0.15) is 0 Å². The maximum absolute atomic E-state index is 12.7. The molecule has 0 spiro atoms. The van der Waals surface area contributed by atoms with Gasteiger partial charge in [0.15, 0.2) is 5.76 Å². The molecule has 1 heterocycles. The summed E-state index contributed by atoms with van der Waals surface area (Å²) in [4.78, 5) is 24.8. The minimum Gasteiger partial charge on any atom is -0.452 e. The number of allylic oxidation sites excluding steroid dienone is 1. The van der Waals surface area contributed by atoms with Crippen LogP contribution in [0.5, 0.6) is 11.5 Å². The van der Waals surface area contributed by atoms with Crippen molar-refractivity contribution in [2.45, 2.75) is 26.2 Å². The van der Waals surface area contributed by atoms with Crippen LogP contribution in [0.1, 0.15) is 47.8 Å². The third-order valence-corrected chi connectivity index (χ3v) is 5.15. The average molecular weight is 424 g/mol. The van der Waals surface area contributed by atoms with Gasteiger partial charge in [-0.3, -0.25) is 4.79 Å². The molecule has 32 heavy (non-hydrogen) atoms. The lowest BCUT2D eigenvalue weighted by Gasteiger charge is -2.18. The normalized spacial score (nSPS) is 14.5. The predicted molar refractivity (Wildman–Crippen MR) is 126 cm³/mol. The van der Waals surface area contributed by atoms with Gasteiger partial charge in [-0.05, 0) is 46.4 Å². The molecule has 0 bridgehead atoms. The lowest BCUT2D eigenvalue weighted by molar-refractivity contribution is -0.128. The smallest absolute Gasteiger partial charge is 0.336 e. The molecule has 1 aliphatic heterocycles. The van der Waals surface area contributed by atoms with E-state index in [0.717, 1.165) is 11.1 Å². The monoisotopic (exact) mass is 424 g/mol. The van der Waals surface area contributed by atoms with Gasteiger partial charge in [0.1, 0.15) is 11.5 Å². The molecule has 3 aromatic rings. The second-order valence-electron chi connectivity index (χ2n) is 8.63. The van der Waals surface area contributed by atoms with Crippen LogP contribution < -0.4 is 9.47 Å². The zero-order valence-electron chi connectivity index (χ0n) is 18.3. The summed E-state index contributed by atoms with van der Waals surface area (Å²) < 4.78 is 11.1. The number of carbonyl (C=O) groups is 2. The van der Waals surface area contributed by atoms with E-state index in [-0.39, 0.29) is 17.0 Å². The van der Waals surface area contributed by atoms with E-state index in [1.807, 2.05) is 42.5 Å². The fraction of sp³-hybridized carbons (Fsp3) is 0.143. The molecule has 0 amide bonds. The molecule has 0 fully saturated rings. The summed E-state index contributed by atoms with van der Waals surface area (Å²) in [6, 6.07) is 22.3. The van der Waals surface area contributed by atoms with E-state index < -0.39 is 5.97 Å². The molecule has 4 rings (SSSR count). The van der Waals surface area contributed by atoms with Gasteiger partial charge in [0.25, 0.3) is 0 Å². The third-order valence-electron chi connectivity index (χ3n) is 5.15. The molecule has 0 saturated heterocycles. The Balaban J connectivity index is 1.47. The molecular formula is C28H24O4. The number of hydrogen-bond donors (Lipinski definition) is 0. The van der Waals surface area contributed by atoms with Gasteiger partial charge >= 0.3 is 5.97 Å².